The van der Waals surface area contributed by atoms with Crippen molar-refractivity contribution in [1.29, 1.82) is 0 Å². The van der Waals surface area contributed by atoms with Gasteiger partial charge in [0, 0.05) is 36.2 Å². The normalized spacial score (nSPS) is 18.8. The molecule has 10 nitrogen and oxygen atoms in total. The number of aromatic nitrogens is 5. The third-order valence-electron chi connectivity index (χ3n) is 8.74. The van der Waals surface area contributed by atoms with E-state index in [9.17, 15) is 9.90 Å². The topological polar surface area (TPSA) is 124 Å². The van der Waals surface area contributed by atoms with Gasteiger partial charge in [0.2, 0.25) is 5.16 Å². The Morgan fingerprint density at radius 1 is 0.860 bits per heavy atom. The summed E-state index contributed by atoms with van der Waals surface area (Å²) < 4.78 is 15.2. The van der Waals surface area contributed by atoms with Crippen molar-refractivity contribution in [2.45, 2.75) is 43.7 Å². The van der Waals surface area contributed by atoms with E-state index in [0.717, 1.165) is 39.1 Å². The predicted molar refractivity (Wildman–Crippen MR) is 190 cm³/mol. The Kier molecular flexibility index (Phi) is 10.4. The van der Waals surface area contributed by atoms with Gasteiger partial charge < -0.3 is 19.9 Å². The van der Waals surface area contributed by atoms with Crippen molar-refractivity contribution in [2.75, 3.05) is 5.75 Å². The fourth-order valence-electron chi connectivity index (χ4n) is 5.97. The highest BCUT2D eigenvalue weighted by atomic mass is 32.2. The fourth-order valence-corrected chi connectivity index (χ4v) is 7.03. The standard InChI is InChI=1S/C39H36N6O4S/c1-26-35(25-50-39-42-43-44-45(39)34-13-3-2-4-14-34)48-38(49-36(26)29-17-15-27(24-46)16-18-29)32-11-6-10-31(21-32)30-9-5-8-28(20-30)22-41-37(47)33-12-7-19-40-23-33/h2-21,23,26,35-36,38,46H,22,24-25H2,1H3,(H,41,47)/t26-,35+,36+,38+/m0/s1. The summed E-state index contributed by atoms with van der Waals surface area (Å²) in [4.78, 5) is 16.6. The van der Waals surface area contributed by atoms with Gasteiger partial charge in [-0.25, -0.2) is 0 Å². The van der Waals surface area contributed by atoms with Crippen LogP contribution in [0.1, 0.15) is 51.9 Å². The molecule has 4 atom stereocenters. The van der Waals surface area contributed by atoms with Crippen LogP contribution in [0.25, 0.3) is 16.8 Å². The van der Waals surface area contributed by atoms with Crippen molar-refractivity contribution in [3.05, 3.63) is 155 Å². The number of carbonyl (C=O) groups is 1. The molecule has 0 saturated carbocycles. The molecular formula is C39H36N6O4S. The number of carbonyl (C=O) groups excluding carboxylic acids is 1. The number of thioether (sulfide) groups is 1. The molecule has 0 unspecified atom stereocenters. The monoisotopic (exact) mass is 684 g/mol. The lowest BCUT2D eigenvalue weighted by Crippen LogP contribution is -2.38. The quantitative estimate of drug-likeness (QED) is 0.143. The summed E-state index contributed by atoms with van der Waals surface area (Å²) in [6.07, 6.45) is 2.11. The lowest BCUT2D eigenvalue weighted by atomic mass is 9.91. The van der Waals surface area contributed by atoms with E-state index in [0.29, 0.717) is 23.0 Å². The second kappa shape index (κ2) is 15.6. The minimum absolute atomic E-state index is 0.00141. The molecule has 1 aliphatic heterocycles. The Morgan fingerprint density at radius 3 is 2.44 bits per heavy atom. The smallest absolute Gasteiger partial charge is 0.253 e. The highest BCUT2D eigenvalue weighted by molar-refractivity contribution is 7.99. The molecule has 1 amide bonds. The van der Waals surface area contributed by atoms with Crippen LogP contribution in [0.15, 0.2) is 133 Å². The van der Waals surface area contributed by atoms with Crippen LogP contribution in [-0.4, -0.2) is 48.1 Å². The minimum Gasteiger partial charge on any atom is -0.392 e. The van der Waals surface area contributed by atoms with Gasteiger partial charge in [-0.15, -0.1) is 5.10 Å². The number of pyridine rings is 1. The van der Waals surface area contributed by atoms with Crippen molar-refractivity contribution in [3.63, 3.8) is 0 Å². The second-order valence-corrected chi connectivity index (χ2v) is 13.1. The maximum atomic E-state index is 12.6. The number of nitrogens with one attached hydrogen (secondary N) is 1. The van der Waals surface area contributed by atoms with E-state index in [2.05, 4.69) is 57.0 Å². The van der Waals surface area contributed by atoms with Crippen LogP contribution >= 0.6 is 11.8 Å². The van der Waals surface area contributed by atoms with Crippen LogP contribution in [0.2, 0.25) is 0 Å². The molecule has 2 N–H and O–H groups in total. The maximum absolute atomic E-state index is 12.6. The summed E-state index contributed by atoms with van der Waals surface area (Å²) in [7, 11) is 0. The number of rotatable bonds is 11. The van der Waals surface area contributed by atoms with E-state index in [-0.39, 0.29) is 30.6 Å². The molecule has 0 spiro atoms. The summed E-state index contributed by atoms with van der Waals surface area (Å²) >= 11 is 1.55. The van der Waals surface area contributed by atoms with Gasteiger partial charge in [-0.1, -0.05) is 97.5 Å². The van der Waals surface area contributed by atoms with E-state index in [1.54, 1.807) is 41.0 Å². The molecule has 1 saturated heterocycles. The molecule has 2 aromatic heterocycles. The number of nitrogens with zero attached hydrogens (tertiary/aromatic N) is 5. The third kappa shape index (κ3) is 7.66. The summed E-state index contributed by atoms with van der Waals surface area (Å²) in [5, 5.41) is 25.7. The lowest BCUT2D eigenvalue weighted by molar-refractivity contribution is -0.268. The zero-order valence-corrected chi connectivity index (χ0v) is 28.2. The highest BCUT2D eigenvalue weighted by Gasteiger charge is 2.38. The van der Waals surface area contributed by atoms with Gasteiger partial charge in [0.05, 0.1) is 30.1 Å². The van der Waals surface area contributed by atoms with Gasteiger partial charge in [-0.3, -0.25) is 9.78 Å². The molecular weight excluding hydrogens is 649 g/mol. The first-order valence-corrected chi connectivity index (χ1v) is 17.4. The number of para-hydroxylation sites is 1. The zero-order valence-electron chi connectivity index (χ0n) is 27.4. The summed E-state index contributed by atoms with van der Waals surface area (Å²) in [6.45, 7) is 2.51. The molecule has 3 heterocycles. The summed E-state index contributed by atoms with van der Waals surface area (Å²) in [6, 6.07) is 37.5. The van der Waals surface area contributed by atoms with Gasteiger partial charge >= 0.3 is 0 Å². The van der Waals surface area contributed by atoms with Crippen molar-refractivity contribution in [1.82, 2.24) is 30.5 Å². The van der Waals surface area contributed by atoms with Crippen molar-refractivity contribution in [2.24, 2.45) is 5.92 Å². The number of amides is 1. The summed E-state index contributed by atoms with van der Waals surface area (Å²) in [5.74, 6) is 0.434. The molecule has 0 bridgehead atoms. The number of ether oxygens (including phenoxy) is 2. The van der Waals surface area contributed by atoms with Gasteiger partial charge in [-0.2, -0.15) is 4.68 Å². The van der Waals surface area contributed by atoms with E-state index in [1.807, 2.05) is 78.9 Å². The molecule has 1 aliphatic rings. The predicted octanol–water partition coefficient (Wildman–Crippen LogP) is 6.73. The van der Waals surface area contributed by atoms with E-state index < -0.39 is 6.29 Å². The average molecular weight is 685 g/mol. The first kappa shape index (κ1) is 33.3. The largest absolute Gasteiger partial charge is 0.392 e. The first-order valence-electron chi connectivity index (χ1n) is 16.4. The fraction of sp³-hybridized carbons (Fsp3) is 0.205. The Balaban J connectivity index is 1.12. The van der Waals surface area contributed by atoms with Crippen molar-refractivity contribution < 1.29 is 19.4 Å². The van der Waals surface area contributed by atoms with Crippen LogP contribution in [0.5, 0.6) is 0 Å². The number of tetrazole rings is 1. The second-order valence-electron chi connectivity index (χ2n) is 12.1. The van der Waals surface area contributed by atoms with Crippen molar-refractivity contribution >= 4 is 17.7 Å². The van der Waals surface area contributed by atoms with Crippen LogP contribution < -0.4 is 5.32 Å². The van der Waals surface area contributed by atoms with Crippen LogP contribution in [-0.2, 0) is 22.6 Å². The Bertz CT molecular complexity index is 2030. The molecule has 50 heavy (non-hydrogen) atoms. The minimum atomic E-state index is -0.633. The molecule has 0 aliphatic carbocycles. The average Bonchev–Trinajstić information content (AvgIpc) is 3.66. The van der Waals surface area contributed by atoms with Crippen LogP contribution in [0.3, 0.4) is 0 Å². The van der Waals surface area contributed by atoms with Crippen LogP contribution in [0.4, 0.5) is 0 Å². The zero-order chi connectivity index (χ0) is 34.3. The van der Waals surface area contributed by atoms with Gasteiger partial charge in [0.25, 0.3) is 5.91 Å². The lowest BCUT2D eigenvalue weighted by Gasteiger charge is -2.41. The SMILES string of the molecule is C[C@H]1[C@@H](CSc2nnnn2-c2ccccc2)O[C@@H](c2cccc(-c3cccc(CNC(=O)c4cccnc4)c3)c2)O[C@H]1c1ccc(CO)cc1. The van der Waals surface area contributed by atoms with Crippen LogP contribution in [0, 0.1) is 5.92 Å². The summed E-state index contributed by atoms with van der Waals surface area (Å²) in [5.41, 5.74) is 7.16. The van der Waals surface area contributed by atoms with Gasteiger partial charge in [-0.05, 0) is 74.6 Å². The number of aliphatic hydroxyl groups excluding tert-OH is 1. The molecule has 0 radical (unpaired) electrons. The third-order valence-corrected chi connectivity index (χ3v) is 9.75. The Hall–Kier alpha value is -5.20. The van der Waals surface area contributed by atoms with E-state index in [4.69, 9.17) is 9.47 Å². The van der Waals surface area contributed by atoms with Gasteiger partial charge in [0.1, 0.15) is 0 Å². The van der Waals surface area contributed by atoms with E-state index in [1.165, 1.54) is 0 Å². The highest BCUT2D eigenvalue weighted by Crippen LogP contribution is 2.43. The van der Waals surface area contributed by atoms with E-state index >= 15 is 0 Å². The molecule has 7 rings (SSSR count). The number of benzene rings is 4. The maximum Gasteiger partial charge on any atom is 0.253 e. The number of aliphatic hydroxyl groups is 1. The molecule has 1 fully saturated rings. The van der Waals surface area contributed by atoms with Crippen molar-refractivity contribution in [3.8, 4) is 16.8 Å². The van der Waals surface area contributed by atoms with Gasteiger partial charge in [0.15, 0.2) is 6.29 Å². The number of hydrogen-bond acceptors (Lipinski definition) is 9. The molecule has 4 aromatic carbocycles. The Morgan fingerprint density at radius 2 is 1.66 bits per heavy atom. The molecule has 11 heteroatoms. The molecule has 6 aromatic rings. The molecule has 252 valence electrons. The first-order chi connectivity index (χ1) is 24.6. The Labute approximate surface area is 294 Å². The number of hydrogen-bond donors (Lipinski definition) is 2.